The van der Waals surface area contributed by atoms with E-state index in [0.717, 1.165) is 28.5 Å². The van der Waals surface area contributed by atoms with Crippen molar-refractivity contribution in [1.82, 2.24) is 9.78 Å². The van der Waals surface area contributed by atoms with E-state index in [1.54, 1.807) is 24.4 Å². The molecule has 32 heavy (non-hydrogen) atoms. The Morgan fingerprint density at radius 3 is 2.44 bits per heavy atom. The van der Waals surface area contributed by atoms with Crippen molar-refractivity contribution in [3.05, 3.63) is 102 Å². The molecule has 0 aliphatic carbocycles. The van der Waals surface area contributed by atoms with Crippen LogP contribution < -0.4 is 5.32 Å². The summed E-state index contributed by atoms with van der Waals surface area (Å²) in [6, 6.07) is 22.0. The number of nitrogens with zero attached hydrogens (tertiary/aromatic N) is 2. The van der Waals surface area contributed by atoms with Crippen LogP contribution in [0.2, 0.25) is 0 Å². The van der Waals surface area contributed by atoms with Gasteiger partial charge in [-0.15, -0.1) is 0 Å². The van der Waals surface area contributed by atoms with E-state index < -0.39 is 9.84 Å². The molecule has 0 aliphatic rings. The molecule has 0 saturated heterocycles. The average molecular weight is 446 g/mol. The molecule has 1 N–H and O–H groups in total. The van der Waals surface area contributed by atoms with Gasteiger partial charge in [0.2, 0.25) is 0 Å². The van der Waals surface area contributed by atoms with E-state index in [0.29, 0.717) is 17.8 Å². The Morgan fingerprint density at radius 1 is 1.00 bits per heavy atom. The number of rotatable bonds is 6. The van der Waals surface area contributed by atoms with Gasteiger partial charge in [0.05, 0.1) is 11.4 Å². The van der Waals surface area contributed by atoms with Gasteiger partial charge in [-0.2, -0.15) is 5.10 Å². The minimum absolute atomic E-state index is 0.166. The molecular formula is C25H23N3O3S. The predicted octanol–water partition coefficient (Wildman–Crippen LogP) is 4.56. The quantitative estimate of drug-likeness (QED) is 0.472. The first kappa shape index (κ1) is 21.5. The zero-order chi connectivity index (χ0) is 22.7. The molecule has 0 saturated carbocycles. The second-order valence-electron chi connectivity index (χ2n) is 7.65. The zero-order valence-electron chi connectivity index (χ0n) is 17.8. The Kier molecular flexibility index (Phi) is 5.92. The maximum Gasteiger partial charge on any atom is 0.256 e. The van der Waals surface area contributed by atoms with E-state index in [9.17, 15) is 13.2 Å². The average Bonchev–Trinajstić information content (AvgIpc) is 3.28. The lowest BCUT2D eigenvalue weighted by Crippen LogP contribution is -2.14. The van der Waals surface area contributed by atoms with Crippen LogP contribution in [0.1, 0.15) is 21.5 Å². The molecule has 0 radical (unpaired) electrons. The molecular weight excluding hydrogens is 422 g/mol. The predicted molar refractivity (Wildman–Crippen MR) is 125 cm³/mol. The number of aromatic nitrogens is 2. The Hall–Kier alpha value is -3.71. The van der Waals surface area contributed by atoms with Gasteiger partial charge in [0.25, 0.3) is 5.91 Å². The highest BCUT2D eigenvalue weighted by Gasteiger charge is 2.15. The van der Waals surface area contributed by atoms with Gasteiger partial charge in [-0.3, -0.25) is 9.48 Å². The van der Waals surface area contributed by atoms with Crippen molar-refractivity contribution in [2.75, 3.05) is 11.6 Å². The summed E-state index contributed by atoms with van der Waals surface area (Å²) in [6.45, 7) is 2.50. The minimum Gasteiger partial charge on any atom is -0.322 e. The van der Waals surface area contributed by atoms with E-state index in [1.165, 1.54) is 6.07 Å². The molecule has 162 valence electrons. The number of anilines is 1. The molecule has 0 bridgehead atoms. The highest BCUT2D eigenvalue weighted by atomic mass is 32.2. The molecule has 4 rings (SSSR count). The number of aryl methyl sites for hydroxylation is 1. The zero-order valence-corrected chi connectivity index (χ0v) is 18.6. The van der Waals surface area contributed by atoms with E-state index in [1.807, 2.05) is 66.3 Å². The van der Waals surface area contributed by atoms with E-state index in [4.69, 9.17) is 0 Å². The fraction of sp³-hybridized carbons (Fsp3) is 0.120. The van der Waals surface area contributed by atoms with Gasteiger partial charge >= 0.3 is 0 Å². The maximum absolute atomic E-state index is 13.1. The molecule has 6 nitrogen and oxygen atoms in total. The minimum atomic E-state index is -3.37. The first-order chi connectivity index (χ1) is 15.3. The van der Waals surface area contributed by atoms with Gasteiger partial charge in [-0.05, 0) is 53.4 Å². The number of sulfone groups is 1. The molecule has 1 amide bonds. The summed E-state index contributed by atoms with van der Waals surface area (Å²) in [6.07, 6.45) is 4.81. The summed E-state index contributed by atoms with van der Waals surface area (Å²) in [5, 5.41) is 7.10. The molecule has 7 heteroatoms. The van der Waals surface area contributed by atoms with Crippen LogP contribution in [0, 0.1) is 6.92 Å². The summed E-state index contributed by atoms with van der Waals surface area (Å²) < 4.78 is 25.7. The normalized spacial score (nSPS) is 11.3. The fourth-order valence-electron chi connectivity index (χ4n) is 3.46. The van der Waals surface area contributed by atoms with Crippen molar-refractivity contribution in [3.63, 3.8) is 0 Å². The van der Waals surface area contributed by atoms with Crippen molar-refractivity contribution >= 4 is 21.4 Å². The Labute approximate surface area is 187 Å². The van der Waals surface area contributed by atoms with E-state index in [-0.39, 0.29) is 10.8 Å². The van der Waals surface area contributed by atoms with Crippen molar-refractivity contribution < 1.29 is 13.2 Å². The highest BCUT2D eigenvalue weighted by molar-refractivity contribution is 7.90. The highest BCUT2D eigenvalue weighted by Crippen LogP contribution is 2.26. The van der Waals surface area contributed by atoms with Crippen LogP contribution in [0.25, 0.3) is 11.1 Å². The summed E-state index contributed by atoms with van der Waals surface area (Å²) in [7, 11) is -3.37. The smallest absolute Gasteiger partial charge is 0.256 e. The molecule has 4 aromatic rings. The molecule has 0 spiro atoms. The second-order valence-corrected chi connectivity index (χ2v) is 9.66. The van der Waals surface area contributed by atoms with Crippen molar-refractivity contribution in [2.24, 2.45) is 0 Å². The number of amides is 1. The molecule has 1 heterocycles. The Morgan fingerprint density at radius 2 is 1.75 bits per heavy atom. The van der Waals surface area contributed by atoms with Gasteiger partial charge in [0, 0.05) is 29.9 Å². The summed E-state index contributed by atoms with van der Waals surface area (Å²) in [4.78, 5) is 13.3. The Bertz CT molecular complexity index is 1360. The van der Waals surface area contributed by atoms with Crippen LogP contribution in [0.4, 0.5) is 5.69 Å². The second kappa shape index (κ2) is 8.80. The summed E-state index contributed by atoms with van der Waals surface area (Å²) >= 11 is 0. The molecule has 0 fully saturated rings. The first-order valence-corrected chi connectivity index (χ1v) is 12.0. The lowest BCUT2D eigenvalue weighted by atomic mass is 9.98. The van der Waals surface area contributed by atoms with Crippen LogP contribution >= 0.6 is 0 Å². The fourth-order valence-corrected chi connectivity index (χ4v) is 4.11. The number of benzene rings is 3. The van der Waals surface area contributed by atoms with Gasteiger partial charge < -0.3 is 5.32 Å². The number of hydrogen-bond acceptors (Lipinski definition) is 4. The maximum atomic E-state index is 13.1. The van der Waals surface area contributed by atoms with Gasteiger partial charge in [0.15, 0.2) is 9.84 Å². The molecule has 0 unspecified atom stereocenters. The lowest BCUT2D eigenvalue weighted by Gasteiger charge is -2.13. The number of hydrogen-bond donors (Lipinski definition) is 1. The number of nitrogens with one attached hydrogen (secondary N) is 1. The summed E-state index contributed by atoms with van der Waals surface area (Å²) in [5.41, 5.74) is 4.59. The molecule has 0 aliphatic heterocycles. The molecule has 3 aromatic carbocycles. The van der Waals surface area contributed by atoms with Crippen molar-refractivity contribution in [1.29, 1.82) is 0 Å². The van der Waals surface area contributed by atoms with Crippen LogP contribution in [0.3, 0.4) is 0 Å². The lowest BCUT2D eigenvalue weighted by molar-refractivity contribution is 0.102. The topological polar surface area (TPSA) is 81.1 Å². The number of carbonyl (C=O) groups excluding carboxylic acids is 1. The third kappa shape index (κ3) is 4.78. The monoisotopic (exact) mass is 445 g/mol. The van der Waals surface area contributed by atoms with Crippen molar-refractivity contribution in [2.45, 2.75) is 18.4 Å². The van der Waals surface area contributed by atoms with Gasteiger partial charge in [0.1, 0.15) is 0 Å². The first-order valence-electron chi connectivity index (χ1n) is 10.1. The van der Waals surface area contributed by atoms with Gasteiger partial charge in [-0.25, -0.2) is 8.42 Å². The van der Waals surface area contributed by atoms with Crippen LogP contribution in [-0.4, -0.2) is 30.4 Å². The molecule has 0 atom stereocenters. The number of carbonyl (C=O) groups is 1. The van der Waals surface area contributed by atoms with Crippen molar-refractivity contribution in [3.8, 4) is 11.1 Å². The largest absolute Gasteiger partial charge is 0.322 e. The summed E-state index contributed by atoms with van der Waals surface area (Å²) in [5.74, 6) is -0.296. The Balaban J connectivity index is 1.61. The van der Waals surface area contributed by atoms with E-state index >= 15 is 0 Å². The third-order valence-corrected chi connectivity index (χ3v) is 6.34. The standard InChI is InChI=1S/C25H23N3O3S/c1-18-8-13-21(32(2,30)31)16-24(18)27-25(29)23-7-4-3-6-22(23)20-11-9-19(10-12-20)17-28-15-5-14-26-28/h3-16H,17H2,1-2H3,(H,27,29). The third-order valence-electron chi connectivity index (χ3n) is 5.23. The van der Waals surface area contributed by atoms with Crippen LogP contribution in [0.5, 0.6) is 0 Å². The van der Waals surface area contributed by atoms with Gasteiger partial charge in [-0.1, -0.05) is 48.5 Å². The van der Waals surface area contributed by atoms with Crippen LogP contribution in [-0.2, 0) is 16.4 Å². The van der Waals surface area contributed by atoms with Crippen LogP contribution in [0.15, 0.2) is 90.1 Å². The van der Waals surface area contributed by atoms with E-state index in [2.05, 4.69) is 10.4 Å². The SMILES string of the molecule is Cc1ccc(S(C)(=O)=O)cc1NC(=O)c1ccccc1-c1ccc(Cn2cccn2)cc1. The molecule has 1 aromatic heterocycles.